The van der Waals surface area contributed by atoms with Crippen LogP contribution in [-0.4, -0.2) is 34.5 Å². The molecule has 0 aliphatic carbocycles. The van der Waals surface area contributed by atoms with Gasteiger partial charge in [0, 0.05) is 25.8 Å². The van der Waals surface area contributed by atoms with Gasteiger partial charge in [0.1, 0.15) is 6.04 Å². The summed E-state index contributed by atoms with van der Waals surface area (Å²) in [7, 11) is 0. The highest BCUT2D eigenvalue weighted by atomic mass is 16.5. The largest absolute Gasteiger partial charge is 0.354 e. The predicted molar refractivity (Wildman–Crippen MR) is 81.4 cm³/mol. The zero-order valence-corrected chi connectivity index (χ0v) is 12.6. The Bertz CT molecular complexity index is 684. The summed E-state index contributed by atoms with van der Waals surface area (Å²) in [5.41, 5.74) is 1.12. The lowest BCUT2D eigenvalue weighted by molar-refractivity contribution is -0.125. The molecule has 1 aliphatic heterocycles. The molecule has 0 unspecified atom stereocenters. The summed E-state index contributed by atoms with van der Waals surface area (Å²) in [6.45, 7) is 0.401. The molecular weight excluding hydrogens is 296 g/mol. The molecule has 1 fully saturated rings. The Kier molecular flexibility index (Phi) is 4.65. The Morgan fingerprint density at radius 1 is 1.35 bits per heavy atom. The highest BCUT2D eigenvalue weighted by Gasteiger charge is 2.26. The van der Waals surface area contributed by atoms with Crippen LogP contribution in [0, 0.1) is 0 Å². The lowest BCUT2D eigenvalue weighted by Gasteiger charge is -2.09. The number of hydrogen-bond donors (Lipinski definition) is 2. The van der Waals surface area contributed by atoms with Gasteiger partial charge in [-0.1, -0.05) is 35.5 Å². The number of benzene rings is 1. The molecule has 1 aromatic heterocycles. The number of carbonyl (C=O) groups is 2. The van der Waals surface area contributed by atoms with E-state index in [-0.39, 0.29) is 11.8 Å². The van der Waals surface area contributed by atoms with Gasteiger partial charge >= 0.3 is 0 Å². The summed E-state index contributed by atoms with van der Waals surface area (Å²) >= 11 is 0. The number of carbonyl (C=O) groups excluding carboxylic acids is 2. The first-order valence-electron chi connectivity index (χ1n) is 7.63. The number of rotatable bonds is 6. The molecule has 120 valence electrons. The van der Waals surface area contributed by atoms with Gasteiger partial charge in [-0.15, -0.1) is 0 Å². The van der Waals surface area contributed by atoms with Gasteiger partial charge in [-0.05, 0) is 12.0 Å². The minimum atomic E-state index is -0.418. The second kappa shape index (κ2) is 7.04. The molecule has 7 heteroatoms. The van der Waals surface area contributed by atoms with E-state index < -0.39 is 6.04 Å². The zero-order valence-electron chi connectivity index (χ0n) is 12.6. The Hall–Kier alpha value is -2.70. The first kappa shape index (κ1) is 15.2. The van der Waals surface area contributed by atoms with Crippen LogP contribution in [-0.2, 0) is 22.4 Å². The third-order valence-electron chi connectivity index (χ3n) is 3.67. The smallest absolute Gasteiger partial charge is 0.242 e. The van der Waals surface area contributed by atoms with Crippen molar-refractivity contribution in [1.82, 2.24) is 20.8 Å². The van der Waals surface area contributed by atoms with Gasteiger partial charge in [0.25, 0.3) is 0 Å². The Morgan fingerprint density at radius 2 is 2.17 bits per heavy atom. The Morgan fingerprint density at radius 3 is 2.91 bits per heavy atom. The van der Waals surface area contributed by atoms with Crippen molar-refractivity contribution in [1.29, 1.82) is 0 Å². The molecule has 0 saturated carbocycles. The SMILES string of the molecule is O=C1CC[C@@H](C(=O)NCCc2nc(Cc3ccccc3)no2)N1. The number of nitrogens with one attached hydrogen (secondary N) is 2. The summed E-state index contributed by atoms with van der Waals surface area (Å²) in [6.07, 6.45) is 2.04. The van der Waals surface area contributed by atoms with Gasteiger partial charge in [0.2, 0.25) is 17.7 Å². The normalized spacial score (nSPS) is 17.0. The van der Waals surface area contributed by atoms with E-state index in [0.29, 0.717) is 43.9 Å². The van der Waals surface area contributed by atoms with Crippen molar-refractivity contribution in [3.8, 4) is 0 Å². The van der Waals surface area contributed by atoms with Crippen molar-refractivity contribution in [3.63, 3.8) is 0 Å². The minimum absolute atomic E-state index is 0.0763. The third-order valence-corrected chi connectivity index (χ3v) is 3.67. The fraction of sp³-hybridized carbons (Fsp3) is 0.375. The zero-order chi connectivity index (χ0) is 16.1. The van der Waals surface area contributed by atoms with Crippen molar-refractivity contribution < 1.29 is 14.1 Å². The van der Waals surface area contributed by atoms with E-state index in [0.717, 1.165) is 5.56 Å². The van der Waals surface area contributed by atoms with Crippen LogP contribution in [0.5, 0.6) is 0 Å². The van der Waals surface area contributed by atoms with Crippen LogP contribution in [0.3, 0.4) is 0 Å². The van der Waals surface area contributed by atoms with E-state index in [4.69, 9.17) is 4.52 Å². The van der Waals surface area contributed by atoms with Gasteiger partial charge in [-0.25, -0.2) is 0 Å². The molecule has 7 nitrogen and oxygen atoms in total. The van der Waals surface area contributed by atoms with E-state index >= 15 is 0 Å². The third kappa shape index (κ3) is 4.15. The van der Waals surface area contributed by atoms with Gasteiger partial charge in [-0.2, -0.15) is 4.98 Å². The summed E-state index contributed by atoms with van der Waals surface area (Å²) in [5.74, 6) is 0.875. The number of amides is 2. The number of hydrogen-bond acceptors (Lipinski definition) is 5. The maximum Gasteiger partial charge on any atom is 0.242 e. The fourth-order valence-corrected chi connectivity index (χ4v) is 2.47. The molecule has 3 rings (SSSR count). The van der Waals surface area contributed by atoms with Crippen molar-refractivity contribution in [3.05, 3.63) is 47.6 Å². The number of nitrogens with zero attached hydrogens (tertiary/aromatic N) is 2. The average molecular weight is 314 g/mol. The van der Waals surface area contributed by atoms with Crippen LogP contribution < -0.4 is 10.6 Å². The average Bonchev–Trinajstić information content (AvgIpc) is 3.17. The quantitative estimate of drug-likeness (QED) is 0.813. The molecule has 2 amide bonds. The topological polar surface area (TPSA) is 97.1 Å². The molecule has 1 saturated heterocycles. The Balaban J connectivity index is 1.44. The standard InChI is InChI=1S/C16H18N4O3/c21-14-7-6-12(18-14)16(22)17-9-8-15-19-13(20-23-15)10-11-4-2-1-3-5-11/h1-5,12H,6-10H2,(H,17,22)(H,18,21)/t12-/m0/s1. The monoisotopic (exact) mass is 314 g/mol. The van der Waals surface area contributed by atoms with Gasteiger partial charge in [0.05, 0.1) is 0 Å². The van der Waals surface area contributed by atoms with Gasteiger partial charge < -0.3 is 15.2 Å². The molecule has 0 bridgehead atoms. The molecule has 2 N–H and O–H groups in total. The summed E-state index contributed by atoms with van der Waals surface area (Å²) in [5, 5.41) is 9.34. The van der Waals surface area contributed by atoms with Crippen LogP contribution >= 0.6 is 0 Å². The minimum Gasteiger partial charge on any atom is -0.354 e. The molecule has 23 heavy (non-hydrogen) atoms. The van der Waals surface area contributed by atoms with Crippen molar-refractivity contribution >= 4 is 11.8 Å². The van der Waals surface area contributed by atoms with Crippen LogP contribution in [0.4, 0.5) is 0 Å². The molecule has 1 aromatic carbocycles. The molecular formula is C16H18N4O3. The summed E-state index contributed by atoms with van der Waals surface area (Å²) < 4.78 is 5.18. The van der Waals surface area contributed by atoms with E-state index in [9.17, 15) is 9.59 Å². The number of aromatic nitrogens is 2. The van der Waals surface area contributed by atoms with Crippen LogP contribution in [0.2, 0.25) is 0 Å². The molecule has 2 heterocycles. The van der Waals surface area contributed by atoms with Gasteiger partial charge in [-0.3, -0.25) is 9.59 Å². The maximum atomic E-state index is 11.8. The van der Waals surface area contributed by atoms with Crippen LogP contribution in [0.15, 0.2) is 34.9 Å². The van der Waals surface area contributed by atoms with Gasteiger partial charge in [0.15, 0.2) is 5.82 Å². The van der Waals surface area contributed by atoms with E-state index in [1.807, 2.05) is 30.3 Å². The second-order valence-electron chi connectivity index (χ2n) is 5.47. The highest BCUT2D eigenvalue weighted by molar-refractivity contribution is 5.90. The highest BCUT2D eigenvalue weighted by Crippen LogP contribution is 2.08. The lowest BCUT2D eigenvalue weighted by Crippen LogP contribution is -2.42. The van der Waals surface area contributed by atoms with Crippen LogP contribution in [0.1, 0.15) is 30.1 Å². The summed E-state index contributed by atoms with van der Waals surface area (Å²) in [4.78, 5) is 27.2. The van der Waals surface area contributed by atoms with Crippen molar-refractivity contribution in [2.75, 3.05) is 6.54 Å². The first-order chi connectivity index (χ1) is 11.2. The Labute approximate surface area is 133 Å². The molecule has 0 radical (unpaired) electrons. The summed E-state index contributed by atoms with van der Waals surface area (Å²) in [6, 6.07) is 9.49. The van der Waals surface area contributed by atoms with E-state index in [1.165, 1.54) is 0 Å². The molecule has 1 aliphatic rings. The fourth-order valence-electron chi connectivity index (χ4n) is 2.47. The maximum absolute atomic E-state index is 11.8. The van der Waals surface area contributed by atoms with Crippen molar-refractivity contribution in [2.45, 2.75) is 31.7 Å². The molecule has 2 aromatic rings. The first-order valence-corrected chi connectivity index (χ1v) is 7.63. The van der Waals surface area contributed by atoms with E-state index in [2.05, 4.69) is 20.8 Å². The second-order valence-corrected chi connectivity index (χ2v) is 5.47. The molecule has 0 spiro atoms. The molecule has 1 atom stereocenters. The predicted octanol–water partition coefficient (Wildman–Crippen LogP) is 0.598. The van der Waals surface area contributed by atoms with E-state index in [1.54, 1.807) is 0 Å². The van der Waals surface area contributed by atoms with Crippen LogP contribution in [0.25, 0.3) is 0 Å². The lowest BCUT2D eigenvalue weighted by atomic mass is 10.1. The van der Waals surface area contributed by atoms with Crippen molar-refractivity contribution in [2.24, 2.45) is 0 Å².